The number of nitrogens with zero attached hydrogens (tertiary/aromatic N) is 3. The molecule has 0 aromatic carbocycles. The van der Waals surface area contributed by atoms with Crippen molar-refractivity contribution >= 4 is 11.7 Å². The first-order valence-electron chi connectivity index (χ1n) is 7.97. The van der Waals surface area contributed by atoms with E-state index in [1.165, 1.54) is 19.3 Å². The van der Waals surface area contributed by atoms with Crippen LogP contribution in [0.2, 0.25) is 0 Å². The zero-order chi connectivity index (χ0) is 16.3. The number of carbonyl (C=O) groups is 1. The van der Waals surface area contributed by atoms with E-state index in [4.69, 9.17) is 4.74 Å². The molecule has 1 aromatic rings. The highest BCUT2D eigenvalue weighted by molar-refractivity contribution is 5.81. The second-order valence-electron chi connectivity index (χ2n) is 6.92. The zero-order valence-corrected chi connectivity index (χ0v) is 14.4. The maximum absolute atomic E-state index is 12.1. The number of hydrogen-bond acceptors (Lipinski definition) is 4. The Labute approximate surface area is 132 Å². The van der Waals surface area contributed by atoms with E-state index in [0.29, 0.717) is 12.4 Å². The molecule has 6 nitrogen and oxygen atoms in total. The quantitative estimate of drug-likeness (QED) is 0.925. The van der Waals surface area contributed by atoms with Gasteiger partial charge >= 0.3 is 0 Å². The normalized spacial score (nSPS) is 15.8. The van der Waals surface area contributed by atoms with Crippen LogP contribution >= 0.6 is 0 Å². The minimum absolute atomic E-state index is 0.0306. The van der Waals surface area contributed by atoms with Crippen molar-refractivity contribution in [2.75, 3.05) is 25.1 Å². The van der Waals surface area contributed by atoms with Gasteiger partial charge in [-0.05, 0) is 19.3 Å². The van der Waals surface area contributed by atoms with Crippen molar-refractivity contribution in [2.45, 2.75) is 46.6 Å². The van der Waals surface area contributed by atoms with Gasteiger partial charge in [0.1, 0.15) is 5.82 Å². The van der Waals surface area contributed by atoms with Gasteiger partial charge in [-0.2, -0.15) is 0 Å². The molecule has 0 radical (unpaired) electrons. The summed E-state index contributed by atoms with van der Waals surface area (Å²) in [5.41, 5.74) is 0.560. The predicted octanol–water partition coefficient (Wildman–Crippen LogP) is 2.08. The van der Waals surface area contributed by atoms with Gasteiger partial charge in [-0.3, -0.25) is 4.79 Å². The summed E-state index contributed by atoms with van der Waals surface area (Å²) in [4.78, 5) is 14.5. The second kappa shape index (κ2) is 6.58. The number of piperidine rings is 1. The number of rotatable bonds is 4. The van der Waals surface area contributed by atoms with Gasteiger partial charge in [-0.15, -0.1) is 5.10 Å². The molecule has 0 unspecified atom stereocenters. The number of carbonyl (C=O) groups excluding carboxylic acids is 1. The highest BCUT2D eigenvalue weighted by Crippen LogP contribution is 2.30. The van der Waals surface area contributed by atoms with Gasteiger partial charge in [-0.25, -0.2) is 4.68 Å². The Morgan fingerprint density at radius 3 is 2.45 bits per heavy atom. The monoisotopic (exact) mass is 308 g/mol. The Balaban J connectivity index is 2.22. The van der Waals surface area contributed by atoms with Crippen LogP contribution in [-0.4, -0.2) is 35.9 Å². The fourth-order valence-electron chi connectivity index (χ4n) is 2.79. The van der Waals surface area contributed by atoms with Crippen molar-refractivity contribution in [3.8, 4) is 5.88 Å². The lowest BCUT2D eigenvalue weighted by molar-refractivity contribution is -0.128. The fourth-order valence-corrected chi connectivity index (χ4v) is 2.79. The standard InChI is InChI=1S/C16H28N4O2/c1-16(2,3)15(21)17-11-12-13(22-5)18-19(4)14(12)20-9-7-6-8-10-20/h6-11H2,1-5H3,(H,17,21). The molecule has 22 heavy (non-hydrogen) atoms. The molecule has 124 valence electrons. The lowest BCUT2D eigenvalue weighted by atomic mass is 9.95. The van der Waals surface area contributed by atoms with E-state index < -0.39 is 5.41 Å². The van der Waals surface area contributed by atoms with Crippen molar-refractivity contribution in [1.82, 2.24) is 15.1 Å². The van der Waals surface area contributed by atoms with Gasteiger partial charge in [0.15, 0.2) is 0 Å². The summed E-state index contributed by atoms with van der Waals surface area (Å²) >= 11 is 0. The zero-order valence-electron chi connectivity index (χ0n) is 14.4. The smallest absolute Gasteiger partial charge is 0.239 e. The van der Waals surface area contributed by atoms with Crippen LogP contribution in [0.3, 0.4) is 0 Å². The molecule has 2 rings (SSSR count). The number of ether oxygens (including phenoxy) is 1. The molecule has 0 bridgehead atoms. The Morgan fingerprint density at radius 1 is 1.27 bits per heavy atom. The summed E-state index contributed by atoms with van der Waals surface area (Å²) < 4.78 is 7.27. The van der Waals surface area contributed by atoms with Crippen LogP contribution in [0.5, 0.6) is 5.88 Å². The number of aryl methyl sites for hydroxylation is 1. The molecule has 1 aliphatic rings. The number of hydrogen-bond donors (Lipinski definition) is 1. The Morgan fingerprint density at radius 2 is 1.91 bits per heavy atom. The number of anilines is 1. The molecule has 1 fully saturated rings. The lowest BCUT2D eigenvalue weighted by Crippen LogP contribution is -2.36. The summed E-state index contributed by atoms with van der Waals surface area (Å²) in [6, 6.07) is 0. The van der Waals surface area contributed by atoms with Crippen LogP contribution in [0.15, 0.2) is 0 Å². The Hall–Kier alpha value is -1.72. The highest BCUT2D eigenvalue weighted by atomic mass is 16.5. The molecule has 0 aliphatic carbocycles. The molecule has 1 amide bonds. The molecule has 6 heteroatoms. The van der Waals surface area contributed by atoms with E-state index in [9.17, 15) is 4.79 Å². The lowest BCUT2D eigenvalue weighted by Gasteiger charge is -2.29. The molecule has 2 heterocycles. The third-order valence-corrected chi connectivity index (χ3v) is 4.03. The molecule has 0 spiro atoms. The van der Waals surface area contributed by atoms with Crippen LogP contribution in [0.4, 0.5) is 5.82 Å². The van der Waals surface area contributed by atoms with Crippen molar-refractivity contribution < 1.29 is 9.53 Å². The molecular formula is C16H28N4O2. The maximum atomic E-state index is 12.1. The van der Waals surface area contributed by atoms with Gasteiger partial charge in [0.25, 0.3) is 0 Å². The molecule has 1 N–H and O–H groups in total. The average molecular weight is 308 g/mol. The first kappa shape index (κ1) is 16.6. The number of nitrogens with one attached hydrogen (secondary N) is 1. The average Bonchev–Trinajstić information content (AvgIpc) is 2.80. The summed E-state index contributed by atoms with van der Waals surface area (Å²) in [5, 5.41) is 7.45. The molecule has 1 aromatic heterocycles. The molecule has 1 aliphatic heterocycles. The number of methoxy groups -OCH3 is 1. The summed E-state index contributed by atoms with van der Waals surface area (Å²) in [6.07, 6.45) is 3.67. The van der Waals surface area contributed by atoms with Gasteiger partial charge in [0, 0.05) is 25.6 Å². The minimum atomic E-state index is -0.402. The van der Waals surface area contributed by atoms with Gasteiger partial charge in [0.2, 0.25) is 11.8 Å². The maximum Gasteiger partial charge on any atom is 0.239 e. The van der Waals surface area contributed by atoms with E-state index in [1.54, 1.807) is 7.11 Å². The minimum Gasteiger partial charge on any atom is -0.480 e. The van der Waals surface area contributed by atoms with E-state index in [1.807, 2.05) is 32.5 Å². The van der Waals surface area contributed by atoms with Crippen LogP contribution < -0.4 is 15.0 Å². The van der Waals surface area contributed by atoms with Crippen molar-refractivity contribution in [2.24, 2.45) is 12.5 Å². The molecule has 0 saturated carbocycles. The number of aromatic nitrogens is 2. The van der Waals surface area contributed by atoms with Gasteiger partial charge in [0.05, 0.1) is 19.2 Å². The molecule has 1 saturated heterocycles. The van der Waals surface area contributed by atoms with Crippen molar-refractivity contribution in [1.29, 1.82) is 0 Å². The SMILES string of the molecule is COc1nn(C)c(N2CCCCC2)c1CNC(=O)C(C)(C)C. The summed E-state index contributed by atoms with van der Waals surface area (Å²) in [6.45, 7) is 8.24. The van der Waals surface area contributed by atoms with Crippen molar-refractivity contribution in [3.63, 3.8) is 0 Å². The van der Waals surface area contributed by atoms with Crippen LogP contribution in [0, 0.1) is 5.41 Å². The van der Waals surface area contributed by atoms with Crippen molar-refractivity contribution in [3.05, 3.63) is 5.56 Å². The highest BCUT2D eigenvalue weighted by Gasteiger charge is 2.26. The molecular weight excluding hydrogens is 280 g/mol. The first-order valence-corrected chi connectivity index (χ1v) is 7.97. The van der Waals surface area contributed by atoms with Crippen LogP contribution in [0.25, 0.3) is 0 Å². The van der Waals surface area contributed by atoms with E-state index in [-0.39, 0.29) is 5.91 Å². The summed E-state index contributed by atoms with van der Waals surface area (Å²) in [7, 11) is 3.55. The van der Waals surface area contributed by atoms with Gasteiger partial charge < -0.3 is 15.0 Å². The third-order valence-electron chi connectivity index (χ3n) is 4.03. The van der Waals surface area contributed by atoms with E-state index in [0.717, 1.165) is 24.5 Å². The number of amides is 1. The Kier molecular flexibility index (Phi) is 4.98. The third kappa shape index (κ3) is 3.54. The van der Waals surface area contributed by atoms with Gasteiger partial charge in [-0.1, -0.05) is 20.8 Å². The fraction of sp³-hybridized carbons (Fsp3) is 0.750. The van der Waals surface area contributed by atoms with Crippen LogP contribution in [0.1, 0.15) is 45.6 Å². The predicted molar refractivity (Wildman–Crippen MR) is 87.1 cm³/mol. The largest absolute Gasteiger partial charge is 0.480 e. The van der Waals surface area contributed by atoms with Crippen LogP contribution in [-0.2, 0) is 18.4 Å². The first-order chi connectivity index (χ1) is 10.3. The second-order valence-corrected chi connectivity index (χ2v) is 6.92. The Bertz CT molecular complexity index is 525. The topological polar surface area (TPSA) is 59.4 Å². The molecule has 0 atom stereocenters. The van der Waals surface area contributed by atoms with E-state index in [2.05, 4.69) is 15.3 Å². The van der Waals surface area contributed by atoms with E-state index >= 15 is 0 Å². The summed E-state index contributed by atoms with van der Waals surface area (Å²) in [5.74, 6) is 1.69.